The van der Waals surface area contributed by atoms with Crippen LogP contribution in [0.25, 0.3) is 0 Å². The van der Waals surface area contributed by atoms with Crippen LogP contribution in [0.1, 0.15) is 21.5 Å². The van der Waals surface area contributed by atoms with E-state index in [9.17, 15) is 40.3 Å². The van der Waals surface area contributed by atoms with Crippen LogP contribution in [-0.2, 0) is 21.9 Å². The van der Waals surface area contributed by atoms with Crippen molar-refractivity contribution in [1.82, 2.24) is 0 Å². The van der Waals surface area contributed by atoms with E-state index in [2.05, 4.69) is 20.7 Å². The number of hydrogen-bond acceptors (Lipinski definition) is 3. The predicted octanol–water partition coefficient (Wildman–Crippen LogP) is 5.42. The number of benzene rings is 2. The third-order valence-corrected chi connectivity index (χ3v) is 3.86. The number of ether oxygens (including phenoxy) is 1. The van der Waals surface area contributed by atoms with Crippen molar-refractivity contribution < 1.29 is 45.1 Å². The Labute approximate surface area is 166 Å². The smallest absolute Gasteiger partial charge is 0.416 e. The second-order valence-corrected chi connectivity index (χ2v) is 6.46. The number of esters is 1. The fraction of sp³-hybridized carbons (Fsp3) is 0.176. The van der Waals surface area contributed by atoms with Gasteiger partial charge in [-0.1, -0.05) is 15.9 Å². The lowest BCUT2D eigenvalue weighted by atomic mass is 10.0. The number of hydrogen-bond donors (Lipinski definition) is 1. The number of halogens is 8. The molecule has 1 N–H and O–H groups in total. The molecule has 0 heterocycles. The van der Waals surface area contributed by atoms with E-state index in [1.165, 1.54) is 12.1 Å². The second kappa shape index (κ2) is 8.39. The number of amides is 1. The molecule has 0 unspecified atom stereocenters. The molecule has 0 saturated heterocycles. The van der Waals surface area contributed by atoms with Gasteiger partial charge in [-0.2, -0.15) is 26.3 Å². The first-order valence-corrected chi connectivity index (χ1v) is 8.28. The van der Waals surface area contributed by atoms with E-state index in [1.807, 2.05) is 5.32 Å². The van der Waals surface area contributed by atoms with E-state index in [1.54, 1.807) is 0 Å². The second-order valence-electron chi connectivity index (χ2n) is 5.54. The summed E-state index contributed by atoms with van der Waals surface area (Å²) in [5.74, 6) is -3.47. The Bertz CT molecular complexity index is 909. The van der Waals surface area contributed by atoms with E-state index < -0.39 is 53.3 Å². The normalized spacial score (nSPS) is 11.9. The van der Waals surface area contributed by atoms with Crippen molar-refractivity contribution in [3.05, 3.63) is 63.4 Å². The van der Waals surface area contributed by atoms with Crippen molar-refractivity contribution in [2.24, 2.45) is 0 Å². The Hall–Kier alpha value is -2.63. The lowest BCUT2D eigenvalue weighted by Gasteiger charge is -2.14. The van der Waals surface area contributed by atoms with Gasteiger partial charge < -0.3 is 10.1 Å². The molecule has 12 heteroatoms. The summed E-state index contributed by atoms with van der Waals surface area (Å²) in [5, 5.41) is 2.04. The maximum absolute atomic E-state index is 13.6. The Morgan fingerprint density at radius 2 is 1.48 bits per heavy atom. The molecule has 29 heavy (non-hydrogen) atoms. The third-order valence-electron chi connectivity index (χ3n) is 3.36. The first-order valence-electron chi connectivity index (χ1n) is 7.49. The Morgan fingerprint density at radius 1 is 0.931 bits per heavy atom. The van der Waals surface area contributed by atoms with E-state index in [4.69, 9.17) is 0 Å². The average molecular weight is 488 g/mol. The average Bonchev–Trinajstić information content (AvgIpc) is 2.60. The summed E-state index contributed by atoms with van der Waals surface area (Å²) in [6, 6.07) is 3.80. The Morgan fingerprint density at radius 3 is 1.97 bits per heavy atom. The summed E-state index contributed by atoms with van der Waals surface area (Å²) >= 11 is 3.00. The van der Waals surface area contributed by atoms with E-state index in [-0.39, 0.29) is 23.9 Å². The number of carbonyl (C=O) groups is 2. The van der Waals surface area contributed by atoms with E-state index in [0.29, 0.717) is 4.47 Å². The zero-order chi connectivity index (χ0) is 22.0. The van der Waals surface area contributed by atoms with Crippen molar-refractivity contribution in [2.75, 3.05) is 11.9 Å². The molecule has 0 aliphatic carbocycles. The number of rotatable bonds is 4. The minimum Gasteiger partial charge on any atom is -0.452 e. The van der Waals surface area contributed by atoms with Gasteiger partial charge in [0.05, 0.1) is 22.4 Å². The molecule has 1 amide bonds. The zero-order valence-corrected chi connectivity index (χ0v) is 15.5. The highest BCUT2D eigenvalue weighted by molar-refractivity contribution is 9.10. The molecule has 0 aliphatic heterocycles. The lowest BCUT2D eigenvalue weighted by molar-refractivity contribution is -0.143. The maximum Gasteiger partial charge on any atom is 0.416 e. The van der Waals surface area contributed by atoms with Gasteiger partial charge in [-0.3, -0.25) is 4.79 Å². The summed E-state index contributed by atoms with van der Waals surface area (Å²) in [6.45, 7) is -1.06. The van der Waals surface area contributed by atoms with Gasteiger partial charge in [-0.25, -0.2) is 9.18 Å². The van der Waals surface area contributed by atoms with Crippen molar-refractivity contribution in [2.45, 2.75) is 12.4 Å². The molecule has 0 atom stereocenters. The maximum atomic E-state index is 13.6. The van der Waals surface area contributed by atoms with Gasteiger partial charge in [0.25, 0.3) is 5.91 Å². The fourth-order valence-electron chi connectivity index (χ4n) is 2.06. The van der Waals surface area contributed by atoms with Crippen molar-refractivity contribution >= 4 is 33.5 Å². The van der Waals surface area contributed by atoms with Crippen LogP contribution >= 0.6 is 15.9 Å². The van der Waals surface area contributed by atoms with Crippen LogP contribution in [0.15, 0.2) is 40.9 Å². The van der Waals surface area contributed by atoms with E-state index >= 15 is 0 Å². The Kier molecular flexibility index (Phi) is 6.56. The van der Waals surface area contributed by atoms with E-state index in [0.717, 1.165) is 6.07 Å². The van der Waals surface area contributed by atoms with Gasteiger partial charge in [-0.15, -0.1) is 0 Å². The zero-order valence-electron chi connectivity index (χ0n) is 13.9. The molecule has 0 fully saturated rings. The highest BCUT2D eigenvalue weighted by Gasteiger charge is 2.37. The standard InChI is InChI=1S/C17H9BrF7NO3/c18-11-1-2-13(12(19)6-11)26-14(27)7-29-15(28)8-3-9(16(20,21)22)5-10(4-8)17(23,24)25/h1-6H,7H2,(H,26,27). The van der Waals surface area contributed by atoms with Crippen LogP contribution in [-0.4, -0.2) is 18.5 Å². The van der Waals surface area contributed by atoms with Gasteiger partial charge in [-0.05, 0) is 36.4 Å². The molecule has 2 rings (SSSR count). The monoisotopic (exact) mass is 487 g/mol. The van der Waals surface area contributed by atoms with Gasteiger partial charge >= 0.3 is 18.3 Å². The van der Waals surface area contributed by atoms with Crippen molar-refractivity contribution in [3.63, 3.8) is 0 Å². The van der Waals surface area contributed by atoms with Gasteiger partial charge in [0.1, 0.15) is 5.82 Å². The highest BCUT2D eigenvalue weighted by atomic mass is 79.9. The predicted molar refractivity (Wildman–Crippen MR) is 89.5 cm³/mol. The number of carbonyl (C=O) groups excluding carboxylic acids is 2. The highest BCUT2D eigenvalue weighted by Crippen LogP contribution is 2.36. The molecule has 0 radical (unpaired) electrons. The quantitative estimate of drug-likeness (QED) is 0.462. The van der Waals surface area contributed by atoms with Gasteiger partial charge in [0.15, 0.2) is 6.61 Å². The summed E-state index contributed by atoms with van der Waals surface area (Å²) in [5.41, 5.74) is -4.73. The summed E-state index contributed by atoms with van der Waals surface area (Å²) < 4.78 is 95.2. The van der Waals surface area contributed by atoms with Crippen LogP contribution in [0.4, 0.5) is 36.4 Å². The minimum absolute atomic E-state index is 0.153. The Balaban J connectivity index is 2.14. The van der Waals surface area contributed by atoms with Crippen LogP contribution in [0, 0.1) is 5.82 Å². The van der Waals surface area contributed by atoms with Crippen LogP contribution in [0.3, 0.4) is 0 Å². The largest absolute Gasteiger partial charge is 0.452 e. The van der Waals surface area contributed by atoms with Crippen LogP contribution in [0.5, 0.6) is 0 Å². The number of alkyl halides is 6. The lowest BCUT2D eigenvalue weighted by Crippen LogP contribution is -2.22. The third kappa shape index (κ3) is 6.17. The first kappa shape index (κ1) is 22.7. The number of anilines is 1. The molecule has 4 nitrogen and oxygen atoms in total. The molecule has 156 valence electrons. The summed E-state index contributed by atoms with van der Waals surface area (Å²) in [6.07, 6.45) is -10.3. The van der Waals surface area contributed by atoms with Gasteiger partial charge in [0.2, 0.25) is 0 Å². The molecule has 0 bridgehead atoms. The minimum atomic E-state index is -5.15. The topological polar surface area (TPSA) is 55.4 Å². The van der Waals surface area contributed by atoms with Crippen LogP contribution < -0.4 is 5.32 Å². The van der Waals surface area contributed by atoms with Crippen molar-refractivity contribution in [3.8, 4) is 0 Å². The molecule has 0 saturated carbocycles. The molecule has 2 aromatic carbocycles. The molecule has 2 aromatic rings. The van der Waals surface area contributed by atoms with Crippen molar-refractivity contribution in [1.29, 1.82) is 0 Å². The molecule has 0 aromatic heterocycles. The fourth-order valence-corrected chi connectivity index (χ4v) is 2.40. The molecule has 0 spiro atoms. The van der Waals surface area contributed by atoms with Gasteiger partial charge in [0, 0.05) is 4.47 Å². The SMILES string of the molecule is O=C(COC(=O)c1cc(C(F)(F)F)cc(C(F)(F)F)c1)Nc1ccc(Br)cc1F. The number of nitrogens with one attached hydrogen (secondary N) is 1. The first-order chi connectivity index (χ1) is 13.3. The summed E-state index contributed by atoms with van der Waals surface area (Å²) in [4.78, 5) is 23.6. The molecule has 0 aliphatic rings. The molecular formula is C17H9BrF7NO3. The summed E-state index contributed by atoms with van der Waals surface area (Å²) in [7, 11) is 0. The molecular weight excluding hydrogens is 479 g/mol. The van der Waals surface area contributed by atoms with Crippen LogP contribution in [0.2, 0.25) is 0 Å².